The van der Waals surface area contributed by atoms with Crippen molar-refractivity contribution in [3.63, 3.8) is 0 Å². The Kier molecular flexibility index (Phi) is 4.43. The third-order valence-electron chi connectivity index (χ3n) is 4.84. The van der Waals surface area contributed by atoms with Crippen molar-refractivity contribution in [1.82, 2.24) is 9.97 Å². The van der Waals surface area contributed by atoms with Crippen LogP contribution in [0.3, 0.4) is 0 Å². The van der Waals surface area contributed by atoms with Crippen molar-refractivity contribution in [2.45, 2.75) is 45.1 Å². The zero-order valence-electron chi connectivity index (χ0n) is 12.7. The first kappa shape index (κ1) is 14.8. The lowest BCUT2D eigenvalue weighted by Gasteiger charge is -2.36. The number of nitrogens with zero attached hydrogens (tertiary/aromatic N) is 3. The van der Waals surface area contributed by atoms with Gasteiger partial charge in [0.05, 0.1) is 11.2 Å². The highest BCUT2D eigenvalue weighted by Gasteiger charge is 2.24. The summed E-state index contributed by atoms with van der Waals surface area (Å²) < 4.78 is 0.978. The predicted molar refractivity (Wildman–Crippen MR) is 91.7 cm³/mol. The van der Waals surface area contributed by atoms with Crippen LogP contribution in [0.2, 0.25) is 0 Å². The number of aromatic nitrogens is 2. The quantitative estimate of drug-likeness (QED) is 0.798. The summed E-state index contributed by atoms with van der Waals surface area (Å²) in [4.78, 5) is 11.4. The Morgan fingerprint density at radius 1 is 1.24 bits per heavy atom. The monoisotopic (exact) mass is 347 g/mol. The molecule has 1 fully saturated rings. The molecule has 0 unspecified atom stereocenters. The number of pyridine rings is 2. The topological polar surface area (TPSA) is 29.0 Å². The Morgan fingerprint density at radius 2 is 2.00 bits per heavy atom. The minimum absolute atomic E-state index is 0.629. The van der Waals surface area contributed by atoms with E-state index in [2.05, 4.69) is 50.8 Å². The van der Waals surface area contributed by atoms with Crippen molar-refractivity contribution in [3.8, 4) is 0 Å². The molecule has 0 atom stereocenters. The predicted octanol–water partition coefficient (Wildman–Crippen LogP) is 4.80. The molecule has 3 nitrogen and oxygen atoms in total. The van der Waals surface area contributed by atoms with Crippen molar-refractivity contribution in [2.75, 3.05) is 11.9 Å². The van der Waals surface area contributed by atoms with E-state index < -0.39 is 0 Å². The second-order valence-electron chi connectivity index (χ2n) is 6.05. The molecule has 0 spiro atoms. The molecule has 0 amide bonds. The molecule has 0 bridgehead atoms. The molecule has 2 heterocycles. The Balaban J connectivity index is 1.86. The third kappa shape index (κ3) is 3.05. The average molecular weight is 348 g/mol. The molecule has 112 valence electrons. The summed E-state index contributed by atoms with van der Waals surface area (Å²) in [6.07, 6.45) is 10.4. The summed E-state index contributed by atoms with van der Waals surface area (Å²) in [5.74, 6) is 0.929. The summed E-state index contributed by atoms with van der Waals surface area (Å²) in [6.45, 7) is 2.31. The van der Waals surface area contributed by atoms with Gasteiger partial charge in [-0.1, -0.05) is 13.3 Å². The van der Waals surface area contributed by atoms with Gasteiger partial charge >= 0.3 is 0 Å². The lowest BCUT2D eigenvalue weighted by atomic mass is 9.84. The lowest BCUT2D eigenvalue weighted by Crippen LogP contribution is -2.35. The van der Waals surface area contributed by atoms with Gasteiger partial charge in [0, 0.05) is 30.0 Å². The van der Waals surface area contributed by atoms with Crippen molar-refractivity contribution in [3.05, 3.63) is 29.0 Å². The van der Waals surface area contributed by atoms with Crippen molar-refractivity contribution < 1.29 is 0 Å². The second kappa shape index (κ2) is 6.30. The number of fused-ring (bicyclic) bond motifs is 1. The maximum Gasteiger partial charge on any atom is 0.112 e. The average Bonchev–Trinajstić information content (AvgIpc) is 2.53. The Hall–Kier alpha value is -1.16. The van der Waals surface area contributed by atoms with Crippen LogP contribution in [0.5, 0.6) is 0 Å². The molecular weight excluding hydrogens is 326 g/mol. The molecule has 1 aliphatic rings. The first-order valence-electron chi connectivity index (χ1n) is 7.82. The highest BCUT2D eigenvalue weighted by atomic mass is 79.9. The van der Waals surface area contributed by atoms with Crippen LogP contribution >= 0.6 is 15.9 Å². The van der Waals surface area contributed by atoms with Gasteiger partial charge in [0.2, 0.25) is 0 Å². The largest absolute Gasteiger partial charge is 0.370 e. The van der Waals surface area contributed by atoms with Gasteiger partial charge in [0.1, 0.15) is 5.52 Å². The van der Waals surface area contributed by atoms with E-state index in [0.29, 0.717) is 6.04 Å². The van der Waals surface area contributed by atoms with E-state index in [4.69, 9.17) is 0 Å². The maximum absolute atomic E-state index is 4.58. The lowest BCUT2D eigenvalue weighted by molar-refractivity contribution is 0.313. The van der Waals surface area contributed by atoms with Crippen LogP contribution in [0.15, 0.2) is 29.0 Å². The molecule has 0 N–H and O–H groups in total. The van der Waals surface area contributed by atoms with E-state index >= 15 is 0 Å². The highest BCUT2D eigenvalue weighted by Crippen LogP contribution is 2.33. The molecule has 0 radical (unpaired) electrons. The van der Waals surface area contributed by atoms with Crippen molar-refractivity contribution >= 4 is 32.7 Å². The van der Waals surface area contributed by atoms with Crippen LogP contribution < -0.4 is 4.90 Å². The maximum atomic E-state index is 4.58. The van der Waals surface area contributed by atoms with E-state index in [1.54, 1.807) is 0 Å². The van der Waals surface area contributed by atoms with Gasteiger partial charge in [-0.05, 0) is 59.7 Å². The van der Waals surface area contributed by atoms with E-state index in [-0.39, 0.29) is 0 Å². The molecule has 2 aromatic rings. The van der Waals surface area contributed by atoms with Gasteiger partial charge in [0.15, 0.2) is 0 Å². The molecule has 4 heteroatoms. The van der Waals surface area contributed by atoms with Gasteiger partial charge in [0.25, 0.3) is 0 Å². The molecule has 3 rings (SSSR count). The zero-order valence-corrected chi connectivity index (χ0v) is 14.3. The Morgan fingerprint density at radius 3 is 2.71 bits per heavy atom. The van der Waals surface area contributed by atoms with Gasteiger partial charge in [-0.3, -0.25) is 9.97 Å². The summed E-state index contributed by atoms with van der Waals surface area (Å²) in [7, 11) is 2.20. The smallest absolute Gasteiger partial charge is 0.112 e. The molecule has 0 aliphatic heterocycles. The molecule has 1 aliphatic carbocycles. The fourth-order valence-corrected chi connectivity index (χ4v) is 3.73. The molecule has 1 saturated carbocycles. The van der Waals surface area contributed by atoms with Crippen LogP contribution in [0.1, 0.15) is 39.0 Å². The summed E-state index contributed by atoms with van der Waals surface area (Å²) >= 11 is 3.47. The SMILES string of the molecule is CCC1CCC(N(C)c2ccnc3cc(Br)cnc23)CC1. The van der Waals surface area contributed by atoms with E-state index in [9.17, 15) is 0 Å². The van der Waals surface area contributed by atoms with Crippen LogP contribution in [-0.2, 0) is 0 Å². The van der Waals surface area contributed by atoms with Crippen molar-refractivity contribution in [1.29, 1.82) is 0 Å². The fourth-order valence-electron chi connectivity index (χ4n) is 3.41. The van der Waals surface area contributed by atoms with Crippen molar-refractivity contribution in [2.24, 2.45) is 5.92 Å². The zero-order chi connectivity index (χ0) is 14.8. The summed E-state index contributed by atoms with van der Waals surface area (Å²) in [5, 5.41) is 0. The molecule has 0 saturated heterocycles. The number of hydrogen-bond acceptors (Lipinski definition) is 3. The first-order valence-corrected chi connectivity index (χ1v) is 8.61. The van der Waals surface area contributed by atoms with Gasteiger partial charge in [-0.15, -0.1) is 0 Å². The fraction of sp³-hybridized carbons (Fsp3) is 0.529. The van der Waals surface area contributed by atoms with Crippen LogP contribution in [-0.4, -0.2) is 23.1 Å². The molecule has 2 aromatic heterocycles. The minimum Gasteiger partial charge on any atom is -0.370 e. The summed E-state index contributed by atoms with van der Waals surface area (Å²) in [6, 6.07) is 4.76. The first-order chi connectivity index (χ1) is 10.2. The van der Waals surface area contributed by atoms with Crippen LogP contribution in [0.4, 0.5) is 5.69 Å². The number of anilines is 1. The van der Waals surface area contributed by atoms with E-state index in [0.717, 1.165) is 21.4 Å². The van der Waals surface area contributed by atoms with E-state index in [1.807, 2.05) is 18.5 Å². The third-order valence-corrected chi connectivity index (χ3v) is 5.28. The molecular formula is C17H22BrN3. The minimum atomic E-state index is 0.629. The molecule has 21 heavy (non-hydrogen) atoms. The van der Waals surface area contributed by atoms with Gasteiger partial charge < -0.3 is 4.90 Å². The van der Waals surface area contributed by atoms with Crippen LogP contribution in [0, 0.1) is 5.92 Å². The summed E-state index contributed by atoms with van der Waals surface area (Å²) in [5.41, 5.74) is 3.16. The molecule has 0 aromatic carbocycles. The van der Waals surface area contributed by atoms with Crippen LogP contribution in [0.25, 0.3) is 11.0 Å². The highest BCUT2D eigenvalue weighted by molar-refractivity contribution is 9.10. The number of halogens is 1. The van der Waals surface area contributed by atoms with E-state index in [1.165, 1.54) is 37.8 Å². The van der Waals surface area contributed by atoms with Gasteiger partial charge in [-0.2, -0.15) is 0 Å². The Bertz CT molecular complexity index is 620. The Labute approximate surface area is 134 Å². The second-order valence-corrected chi connectivity index (χ2v) is 6.96. The number of rotatable bonds is 3. The van der Waals surface area contributed by atoms with Gasteiger partial charge in [-0.25, -0.2) is 0 Å². The number of hydrogen-bond donors (Lipinski definition) is 0. The normalized spacial score (nSPS) is 22.4. The standard InChI is InChI=1S/C17H22BrN3/c1-3-12-4-6-14(7-5-12)21(2)16-8-9-19-15-10-13(18)11-20-17(15)16/h8-12,14H,3-7H2,1-2H3.